The maximum Gasteiger partial charge on any atom is 0.294 e. The molecule has 0 aromatic heterocycles. The SMILES string of the molecule is CCCNC(=O)[C@@H]1CN(c2ccc(S(C)(=O)=O)cc2[N+](=O)[O-])c2ccccc2O1. The summed E-state index contributed by atoms with van der Waals surface area (Å²) in [5.41, 5.74) is 0.381. The molecule has 3 rings (SSSR count). The predicted molar refractivity (Wildman–Crippen MR) is 107 cm³/mol. The molecule has 1 aliphatic rings. The number of fused-ring (bicyclic) bond motifs is 1. The van der Waals surface area contributed by atoms with Crippen molar-refractivity contribution in [3.8, 4) is 5.75 Å². The van der Waals surface area contributed by atoms with Crippen molar-refractivity contribution in [1.29, 1.82) is 0 Å². The maximum atomic E-state index is 12.5. The molecule has 2 aromatic rings. The standard InChI is InChI=1S/C19H21N3O6S/c1-3-10-20-19(23)18-12-21(15-6-4-5-7-17(15)28-18)14-9-8-13(29(2,26)27)11-16(14)22(24)25/h4-9,11,18H,3,10,12H2,1-2H3,(H,20,23)/t18-/m0/s1. The number of benzene rings is 2. The molecule has 1 amide bonds. The number of para-hydroxylation sites is 2. The van der Waals surface area contributed by atoms with E-state index in [9.17, 15) is 23.3 Å². The Morgan fingerprint density at radius 1 is 1.28 bits per heavy atom. The zero-order valence-electron chi connectivity index (χ0n) is 16.0. The number of rotatable bonds is 6. The van der Waals surface area contributed by atoms with Crippen LogP contribution in [0.3, 0.4) is 0 Å². The molecule has 1 aliphatic heterocycles. The Labute approximate surface area is 168 Å². The third-order valence-corrected chi connectivity index (χ3v) is 5.59. The summed E-state index contributed by atoms with van der Waals surface area (Å²) in [5, 5.41) is 14.5. The van der Waals surface area contributed by atoms with Gasteiger partial charge in [0.25, 0.3) is 11.6 Å². The van der Waals surface area contributed by atoms with Crippen LogP contribution < -0.4 is 15.0 Å². The lowest BCUT2D eigenvalue weighted by Crippen LogP contribution is -2.47. The fraction of sp³-hybridized carbons (Fsp3) is 0.316. The first-order valence-corrected chi connectivity index (χ1v) is 10.9. The highest BCUT2D eigenvalue weighted by molar-refractivity contribution is 7.90. The van der Waals surface area contributed by atoms with Gasteiger partial charge < -0.3 is 15.0 Å². The molecule has 1 N–H and O–H groups in total. The molecule has 0 saturated carbocycles. The highest BCUT2D eigenvalue weighted by Crippen LogP contribution is 2.42. The van der Waals surface area contributed by atoms with Gasteiger partial charge in [0, 0.05) is 18.9 Å². The van der Waals surface area contributed by atoms with Gasteiger partial charge in [-0.1, -0.05) is 19.1 Å². The number of ether oxygens (including phenoxy) is 1. The molecule has 0 bridgehead atoms. The van der Waals surface area contributed by atoms with Crippen LogP contribution >= 0.6 is 0 Å². The molecule has 0 radical (unpaired) electrons. The van der Waals surface area contributed by atoms with Gasteiger partial charge in [-0.25, -0.2) is 8.42 Å². The van der Waals surface area contributed by atoms with Gasteiger partial charge in [-0.2, -0.15) is 0 Å². The van der Waals surface area contributed by atoms with Crippen molar-refractivity contribution in [2.45, 2.75) is 24.3 Å². The number of anilines is 2. The van der Waals surface area contributed by atoms with Crippen molar-refractivity contribution in [3.63, 3.8) is 0 Å². The summed E-state index contributed by atoms with van der Waals surface area (Å²) in [6, 6.07) is 10.6. The van der Waals surface area contributed by atoms with Crippen molar-refractivity contribution in [1.82, 2.24) is 5.32 Å². The van der Waals surface area contributed by atoms with Crippen LogP contribution in [0.25, 0.3) is 0 Å². The lowest BCUT2D eigenvalue weighted by Gasteiger charge is -2.35. The lowest BCUT2D eigenvalue weighted by atomic mass is 10.1. The number of nitro benzene ring substituents is 1. The Balaban J connectivity index is 2.08. The zero-order chi connectivity index (χ0) is 21.2. The fourth-order valence-electron chi connectivity index (χ4n) is 3.07. The fourth-order valence-corrected chi connectivity index (χ4v) is 3.71. The number of nitro groups is 1. The van der Waals surface area contributed by atoms with E-state index >= 15 is 0 Å². The first-order chi connectivity index (χ1) is 13.7. The molecule has 154 valence electrons. The minimum Gasteiger partial charge on any atom is -0.477 e. The maximum absolute atomic E-state index is 12.5. The molecule has 2 aromatic carbocycles. The van der Waals surface area contributed by atoms with Crippen LogP contribution in [0.4, 0.5) is 17.1 Å². The quantitative estimate of drug-likeness (QED) is 0.564. The van der Waals surface area contributed by atoms with Crippen molar-refractivity contribution < 1.29 is 22.9 Å². The Hall–Kier alpha value is -3.14. The summed E-state index contributed by atoms with van der Waals surface area (Å²) in [7, 11) is -3.61. The van der Waals surface area contributed by atoms with Gasteiger partial charge >= 0.3 is 0 Å². The summed E-state index contributed by atoms with van der Waals surface area (Å²) in [6.45, 7) is 2.46. The number of carbonyl (C=O) groups excluding carboxylic acids is 1. The number of nitrogens with one attached hydrogen (secondary N) is 1. The molecule has 1 atom stereocenters. The van der Waals surface area contributed by atoms with Gasteiger partial charge in [-0.05, 0) is 30.7 Å². The van der Waals surface area contributed by atoms with E-state index in [0.717, 1.165) is 18.7 Å². The van der Waals surface area contributed by atoms with Crippen molar-refractivity contribution in [3.05, 3.63) is 52.6 Å². The largest absolute Gasteiger partial charge is 0.477 e. The molecule has 9 nitrogen and oxygen atoms in total. The van der Waals surface area contributed by atoms with E-state index in [0.29, 0.717) is 18.0 Å². The van der Waals surface area contributed by atoms with Gasteiger partial charge in [0.1, 0.15) is 11.4 Å². The molecule has 0 fully saturated rings. The van der Waals surface area contributed by atoms with Crippen LogP contribution in [-0.4, -0.2) is 44.7 Å². The molecule has 29 heavy (non-hydrogen) atoms. The Kier molecular flexibility index (Phi) is 5.73. The average molecular weight is 419 g/mol. The van der Waals surface area contributed by atoms with Crippen LogP contribution in [0.5, 0.6) is 5.75 Å². The van der Waals surface area contributed by atoms with E-state index in [1.165, 1.54) is 12.1 Å². The monoisotopic (exact) mass is 419 g/mol. The Bertz CT molecular complexity index is 1050. The minimum absolute atomic E-state index is 0.0472. The number of amides is 1. The van der Waals surface area contributed by atoms with E-state index in [1.807, 2.05) is 6.92 Å². The smallest absolute Gasteiger partial charge is 0.294 e. The third kappa shape index (κ3) is 4.32. The topological polar surface area (TPSA) is 119 Å². The second-order valence-corrected chi connectivity index (χ2v) is 8.67. The van der Waals surface area contributed by atoms with E-state index in [4.69, 9.17) is 4.74 Å². The number of hydrogen-bond donors (Lipinski definition) is 1. The Morgan fingerprint density at radius 3 is 2.66 bits per heavy atom. The molecule has 0 spiro atoms. The van der Waals surface area contributed by atoms with Gasteiger partial charge in [0.2, 0.25) is 0 Å². The molecule has 10 heteroatoms. The minimum atomic E-state index is -3.61. The van der Waals surface area contributed by atoms with Crippen molar-refractivity contribution >= 4 is 32.8 Å². The zero-order valence-corrected chi connectivity index (χ0v) is 16.8. The second-order valence-electron chi connectivity index (χ2n) is 6.66. The highest BCUT2D eigenvalue weighted by atomic mass is 32.2. The van der Waals surface area contributed by atoms with Crippen LogP contribution in [0, 0.1) is 10.1 Å². The van der Waals surface area contributed by atoms with E-state index in [1.54, 1.807) is 29.2 Å². The number of sulfone groups is 1. The van der Waals surface area contributed by atoms with E-state index < -0.39 is 20.9 Å². The molecular formula is C19H21N3O6S. The van der Waals surface area contributed by atoms with Crippen molar-refractivity contribution in [2.75, 3.05) is 24.2 Å². The summed E-state index contributed by atoms with van der Waals surface area (Å²) in [6.07, 6.45) is 0.881. The third-order valence-electron chi connectivity index (χ3n) is 4.48. The van der Waals surface area contributed by atoms with E-state index in [-0.39, 0.29) is 28.7 Å². The van der Waals surface area contributed by atoms with Crippen molar-refractivity contribution in [2.24, 2.45) is 0 Å². The summed E-state index contributed by atoms with van der Waals surface area (Å²) in [5.74, 6) is 0.0960. The van der Waals surface area contributed by atoms with Crippen LogP contribution in [-0.2, 0) is 14.6 Å². The summed E-state index contributed by atoms with van der Waals surface area (Å²) < 4.78 is 29.5. The lowest BCUT2D eigenvalue weighted by molar-refractivity contribution is -0.384. The first kappa shape index (κ1) is 20.6. The van der Waals surface area contributed by atoms with E-state index in [2.05, 4.69) is 5.32 Å². The predicted octanol–water partition coefficient (Wildman–Crippen LogP) is 2.42. The molecular weight excluding hydrogens is 398 g/mol. The van der Waals surface area contributed by atoms with Gasteiger partial charge in [-0.15, -0.1) is 0 Å². The van der Waals surface area contributed by atoms with Gasteiger partial charge in [-0.3, -0.25) is 14.9 Å². The summed E-state index contributed by atoms with van der Waals surface area (Å²) in [4.78, 5) is 25.0. The number of nitrogens with zero attached hydrogens (tertiary/aromatic N) is 2. The van der Waals surface area contributed by atoms with Crippen LogP contribution in [0.15, 0.2) is 47.4 Å². The Morgan fingerprint density at radius 2 is 2.00 bits per heavy atom. The normalized spacial score (nSPS) is 15.9. The average Bonchev–Trinajstić information content (AvgIpc) is 2.70. The highest BCUT2D eigenvalue weighted by Gasteiger charge is 2.34. The number of carbonyl (C=O) groups is 1. The first-order valence-electron chi connectivity index (χ1n) is 9.01. The van der Waals surface area contributed by atoms with Crippen LogP contribution in [0.1, 0.15) is 13.3 Å². The van der Waals surface area contributed by atoms with Gasteiger partial charge in [0.15, 0.2) is 15.9 Å². The molecule has 0 saturated heterocycles. The van der Waals surface area contributed by atoms with Gasteiger partial charge in [0.05, 0.1) is 22.1 Å². The summed E-state index contributed by atoms with van der Waals surface area (Å²) >= 11 is 0. The molecule has 0 aliphatic carbocycles. The van der Waals surface area contributed by atoms with Crippen LogP contribution in [0.2, 0.25) is 0 Å². The second kappa shape index (κ2) is 8.08. The molecule has 1 heterocycles. The number of hydrogen-bond acceptors (Lipinski definition) is 7. The molecule has 0 unspecified atom stereocenters.